The minimum absolute atomic E-state index is 0.0368. The largest absolute Gasteiger partial charge is 0.491 e. The number of esters is 2. The van der Waals surface area contributed by atoms with E-state index in [2.05, 4.69) is 176 Å². The summed E-state index contributed by atoms with van der Waals surface area (Å²) in [6, 6.07) is 7.96. The van der Waals surface area contributed by atoms with Crippen molar-refractivity contribution in [3.63, 3.8) is 0 Å². The summed E-state index contributed by atoms with van der Waals surface area (Å²) in [6.07, 6.45) is 12.9. The highest BCUT2D eigenvalue weighted by Gasteiger charge is 2.59. The number of phosphoric ester groups is 1. The van der Waals surface area contributed by atoms with Crippen molar-refractivity contribution in [2.75, 3.05) is 26.4 Å². The van der Waals surface area contributed by atoms with E-state index in [1.54, 1.807) is 0 Å². The number of hydrogen-bond donors (Lipinski definition) is 1. The zero-order valence-corrected chi connectivity index (χ0v) is 51.7. The third-order valence-electron chi connectivity index (χ3n) is 14.7. The predicted octanol–water partition coefficient (Wildman–Crippen LogP) is 14.6. The molecule has 0 heterocycles. The molecule has 362 valence electrons. The lowest BCUT2D eigenvalue weighted by Gasteiger charge is -2.58. The van der Waals surface area contributed by atoms with Crippen LogP contribution in [0.4, 0.5) is 0 Å². The summed E-state index contributed by atoms with van der Waals surface area (Å²) in [7, 11) is -4.71. The fourth-order valence-corrected chi connectivity index (χ4v) is 20.5. The van der Waals surface area contributed by atoms with E-state index in [1.165, 1.54) is 50.5 Å². The van der Waals surface area contributed by atoms with Crippen molar-refractivity contribution in [1.82, 2.24) is 0 Å². The van der Waals surface area contributed by atoms with Crippen LogP contribution in [0.15, 0.2) is 35.9 Å². The SMILES string of the molecule is CC(C)CCC[C@@H](C)C1CCC2C3CC=C4C[C@@H](OP(=O)(O)OC(COC(=O)CCOc5c(I)cc(I)cc5I)COC(=O)CCOc5c(I)cc(I)cc5I)CC[C@]4(C)C3CC[C@@]21C. The Bertz CT molecular complexity index is 1960. The first-order valence-electron chi connectivity index (χ1n) is 22.9. The quantitative estimate of drug-likeness (QED) is 0.0559. The molecule has 4 aliphatic carbocycles. The lowest BCUT2D eigenvalue weighted by atomic mass is 9.47. The number of halogens is 6. The number of rotatable bonds is 21. The summed E-state index contributed by atoms with van der Waals surface area (Å²) in [5.41, 5.74) is 1.78. The zero-order chi connectivity index (χ0) is 47.3. The Kier molecular flexibility index (Phi) is 21.1. The lowest BCUT2D eigenvalue weighted by molar-refractivity contribution is -0.152. The summed E-state index contributed by atoms with van der Waals surface area (Å²) < 4.78 is 54.2. The van der Waals surface area contributed by atoms with Crippen LogP contribution in [0.1, 0.15) is 118 Å². The van der Waals surface area contributed by atoms with Gasteiger partial charge in [-0.1, -0.05) is 65.5 Å². The van der Waals surface area contributed by atoms with Gasteiger partial charge in [0.05, 0.1) is 46.4 Å². The molecule has 0 aromatic heterocycles. The van der Waals surface area contributed by atoms with E-state index in [1.807, 2.05) is 24.3 Å². The van der Waals surface area contributed by atoms with Gasteiger partial charge in [0.15, 0.2) is 0 Å². The van der Waals surface area contributed by atoms with E-state index in [0.29, 0.717) is 41.6 Å². The molecule has 0 radical (unpaired) electrons. The first-order valence-corrected chi connectivity index (χ1v) is 30.9. The lowest BCUT2D eigenvalue weighted by Crippen LogP contribution is -2.51. The Balaban J connectivity index is 1.05. The standard InChI is InChI=1S/C48H63I6O10P/c1-28(2)7-6-8-29(3)36-11-12-37-35-10-9-30-21-33(13-17-47(30,4)38(35)14-18-48(36,37)5)63-65(57,58)64-34(26-61-43(55)15-19-59-45-39(51)22-31(49)23-40(45)52)27-62-44(56)16-20-60-46-41(53)24-32(50)25-42(46)54/h9,22-25,28-29,33-38H,6-8,10-21,26-27H2,1-5H3,(H,57,58)/t29-,33+,35?,36?,37?,38?,47+,48-/m1/s1. The van der Waals surface area contributed by atoms with Crippen molar-refractivity contribution >= 4 is 155 Å². The molecule has 3 fully saturated rings. The van der Waals surface area contributed by atoms with Crippen molar-refractivity contribution in [2.24, 2.45) is 46.3 Å². The highest BCUT2D eigenvalue weighted by atomic mass is 127. The van der Waals surface area contributed by atoms with Gasteiger partial charge >= 0.3 is 19.8 Å². The van der Waals surface area contributed by atoms with Gasteiger partial charge in [0.1, 0.15) is 30.8 Å². The molecule has 2 aromatic carbocycles. The van der Waals surface area contributed by atoms with Crippen LogP contribution in [0, 0.1) is 67.8 Å². The molecule has 3 saturated carbocycles. The molecule has 9 atom stereocenters. The summed E-state index contributed by atoms with van der Waals surface area (Å²) in [6.45, 7) is 11.5. The van der Waals surface area contributed by atoms with Gasteiger partial charge in [0, 0.05) is 7.14 Å². The molecule has 1 N–H and O–H groups in total. The second kappa shape index (κ2) is 24.8. The number of carbonyl (C=O) groups excluding carboxylic acids is 2. The predicted molar refractivity (Wildman–Crippen MR) is 304 cm³/mol. The van der Waals surface area contributed by atoms with Crippen LogP contribution in [0.25, 0.3) is 0 Å². The molecular formula is C48H63I6O10P. The van der Waals surface area contributed by atoms with Gasteiger partial charge in [-0.05, 0) is 258 Å². The molecular weight excluding hydrogens is 1530 g/mol. The second-order valence-corrected chi connectivity index (χ2v) is 27.9. The van der Waals surface area contributed by atoms with Gasteiger partial charge in [0.25, 0.3) is 0 Å². The molecule has 0 amide bonds. The number of phosphoric acid groups is 1. The first kappa shape index (κ1) is 55.5. The Labute approximate surface area is 468 Å². The fraction of sp³-hybridized carbons (Fsp3) is 0.667. The van der Waals surface area contributed by atoms with Crippen LogP contribution in [0.5, 0.6) is 11.5 Å². The zero-order valence-electron chi connectivity index (χ0n) is 37.9. The van der Waals surface area contributed by atoms with E-state index in [0.717, 1.165) is 57.9 Å². The van der Waals surface area contributed by atoms with Crippen LogP contribution < -0.4 is 9.47 Å². The van der Waals surface area contributed by atoms with Crippen molar-refractivity contribution in [1.29, 1.82) is 0 Å². The molecule has 4 aliphatic rings. The highest BCUT2D eigenvalue weighted by molar-refractivity contribution is 14.1. The average Bonchev–Trinajstić information content (AvgIpc) is 3.58. The molecule has 6 rings (SSSR count). The maximum atomic E-state index is 13.8. The molecule has 0 saturated heterocycles. The number of ether oxygens (including phenoxy) is 4. The second-order valence-electron chi connectivity index (χ2n) is 19.4. The van der Waals surface area contributed by atoms with Crippen molar-refractivity contribution in [2.45, 2.75) is 130 Å². The topological polar surface area (TPSA) is 127 Å². The van der Waals surface area contributed by atoms with Crippen molar-refractivity contribution in [3.8, 4) is 11.5 Å². The molecule has 2 aromatic rings. The third-order valence-corrected chi connectivity index (χ3v) is 20.3. The summed E-state index contributed by atoms with van der Waals surface area (Å²) in [4.78, 5) is 37.1. The van der Waals surface area contributed by atoms with E-state index in [-0.39, 0.29) is 31.5 Å². The molecule has 0 bridgehead atoms. The smallest absolute Gasteiger partial charge is 0.472 e. The normalized spacial score (nSPS) is 27.5. The van der Waals surface area contributed by atoms with Crippen LogP contribution in [0.3, 0.4) is 0 Å². The molecule has 17 heteroatoms. The Morgan fingerprint density at radius 1 is 0.769 bits per heavy atom. The third kappa shape index (κ3) is 14.7. The summed E-state index contributed by atoms with van der Waals surface area (Å²) in [5.74, 6) is 4.55. The van der Waals surface area contributed by atoms with Gasteiger partial charge in [-0.3, -0.25) is 18.6 Å². The van der Waals surface area contributed by atoms with Crippen molar-refractivity contribution < 1.29 is 47.0 Å². The summed E-state index contributed by atoms with van der Waals surface area (Å²) >= 11 is 13.3. The molecule has 0 spiro atoms. The van der Waals surface area contributed by atoms with Crippen LogP contribution >= 0.6 is 143 Å². The van der Waals surface area contributed by atoms with Gasteiger partial charge < -0.3 is 23.8 Å². The van der Waals surface area contributed by atoms with Gasteiger partial charge in [0.2, 0.25) is 0 Å². The Hall–Kier alpha value is 1.21. The maximum Gasteiger partial charge on any atom is 0.472 e. The maximum absolute atomic E-state index is 13.8. The number of carbonyl (C=O) groups is 2. The fourth-order valence-electron chi connectivity index (χ4n) is 11.6. The Morgan fingerprint density at radius 3 is 1.86 bits per heavy atom. The average molecular weight is 1590 g/mol. The van der Waals surface area contributed by atoms with E-state index in [4.69, 9.17) is 28.0 Å². The number of allylic oxidation sites excluding steroid dienone is 1. The van der Waals surface area contributed by atoms with Gasteiger partial charge in [-0.25, -0.2) is 4.57 Å². The van der Waals surface area contributed by atoms with Crippen molar-refractivity contribution in [3.05, 3.63) is 57.3 Å². The molecule has 10 nitrogen and oxygen atoms in total. The first-order chi connectivity index (χ1) is 30.7. The molecule has 5 unspecified atom stereocenters. The van der Waals surface area contributed by atoms with Crippen LogP contribution in [-0.4, -0.2) is 55.5 Å². The van der Waals surface area contributed by atoms with E-state index in [9.17, 15) is 19.0 Å². The molecule has 65 heavy (non-hydrogen) atoms. The van der Waals surface area contributed by atoms with E-state index < -0.39 is 45.2 Å². The van der Waals surface area contributed by atoms with Crippen LogP contribution in [-0.2, 0) is 32.7 Å². The Morgan fingerprint density at radius 2 is 1.32 bits per heavy atom. The number of benzene rings is 2. The minimum Gasteiger partial charge on any atom is -0.491 e. The summed E-state index contributed by atoms with van der Waals surface area (Å²) in [5, 5.41) is 0. The van der Waals surface area contributed by atoms with Gasteiger partial charge in [-0.15, -0.1) is 0 Å². The minimum atomic E-state index is -4.71. The van der Waals surface area contributed by atoms with Gasteiger partial charge in [-0.2, -0.15) is 0 Å². The monoisotopic (exact) mass is 1590 g/mol. The van der Waals surface area contributed by atoms with E-state index >= 15 is 0 Å². The number of hydrogen-bond acceptors (Lipinski definition) is 9. The highest BCUT2D eigenvalue weighted by Crippen LogP contribution is 2.68. The number of fused-ring (bicyclic) bond motifs is 5. The molecule has 0 aliphatic heterocycles. The van der Waals surface area contributed by atoms with Crippen LogP contribution in [0.2, 0.25) is 0 Å².